The summed E-state index contributed by atoms with van der Waals surface area (Å²) in [6, 6.07) is 9.20. The maximum atomic E-state index is 12.8. The van der Waals surface area contributed by atoms with Crippen LogP contribution in [0.3, 0.4) is 0 Å². The van der Waals surface area contributed by atoms with Gasteiger partial charge in [0.1, 0.15) is 28.5 Å². The Morgan fingerprint density at radius 3 is 2.76 bits per heavy atom. The fourth-order valence-corrected chi connectivity index (χ4v) is 4.66. The summed E-state index contributed by atoms with van der Waals surface area (Å²) in [4.78, 5) is 13.9. The summed E-state index contributed by atoms with van der Waals surface area (Å²) >= 11 is 7.51. The number of rotatable bonds is 5. The van der Waals surface area contributed by atoms with E-state index in [2.05, 4.69) is 11.4 Å². The Morgan fingerprint density at radius 1 is 1.31 bits per heavy atom. The molecule has 0 aliphatic heterocycles. The Kier molecular flexibility index (Phi) is 6.59. The third-order valence-electron chi connectivity index (χ3n) is 4.51. The van der Waals surface area contributed by atoms with Crippen molar-refractivity contribution in [3.63, 3.8) is 0 Å². The van der Waals surface area contributed by atoms with E-state index < -0.39 is 5.91 Å². The van der Waals surface area contributed by atoms with Gasteiger partial charge < -0.3 is 10.1 Å². The second-order valence-electron chi connectivity index (χ2n) is 7.00. The SMILES string of the molecule is CC(C)Oc1ccc(Cl)cc1/C=C(/C#N)C(=O)Nc1sc2c(c1C#N)CCCC2. The molecule has 3 rings (SSSR count). The van der Waals surface area contributed by atoms with Crippen LogP contribution in [0.1, 0.15) is 48.3 Å². The number of thiophene rings is 1. The first-order valence-electron chi connectivity index (χ1n) is 9.37. The number of nitriles is 2. The second-order valence-corrected chi connectivity index (χ2v) is 8.54. The van der Waals surface area contributed by atoms with Crippen LogP contribution < -0.4 is 10.1 Å². The van der Waals surface area contributed by atoms with E-state index in [1.165, 1.54) is 17.4 Å². The van der Waals surface area contributed by atoms with E-state index in [4.69, 9.17) is 16.3 Å². The highest BCUT2D eigenvalue weighted by Crippen LogP contribution is 2.38. The van der Waals surface area contributed by atoms with Gasteiger partial charge in [0.25, 0.3) is 5.91 Å². The van der Waals surface area contributed by atoms with Gasteiger partial charge in [0.2, 0.25) is 0 Å². The topological polar surface area (TPSA) is 85.9 Å². The van der Waals surface area contributed by atoms with E-state index in [0.29, 0.717) is 26.9 Å². The minimum atomic E-state index is -0.557. The molecule has 1 amide bonds. The Labute approximate surface area is 179 Å². The number of hydrogen-bond acceptors (Lipinski definition) is 5. The third kappa shape index (κ3) is 4.79. The number of anilines is 1. The van der Waals surface area contributed by atoms with E-state index >= 15 is 0 Å². The summed E-state index contributed by atoms with van der Waals surface area (Å²) < 4.78 is 5.75. The zero-order chi connectivity index (χ0) is 21.0. The minimum Gasteiger partial charge on any atom is -0.490 e. The zero-order valence-electron chi connectivity index (χ0n) is 16.2. The highest BCUT2D eigenvalue weighted by molar-refractivity contribution is 7.16. The normalized spacial score (nSPS) is 13.4. The van der Waals surface area contributed by atoms with Gasteiger partial charge in [-0.3, -0.25) is 4.79 Å². The second kappa shape index (κ2) is 9.13. The average molecular weight is 426 g/mol. The summed E-state index contributed by atoms with van der Waals surface area (Å²) in [5.41, 5.74) is 2.01. The van der Waals surface area contributed by atoms with Gasteiger partial charge in [0.05, 0.1) is 11.7 Å². The molecule has 1 aromatic heterocycles. The Hall–Kier alpha value is -2.80. The van der Waals surface area contributed by atoms with Crippen LogP contribution in [0.15, 0.2) is 23.8 Å². The maximum absolute atomic E-state index is 12.8. The molecule has 5 nitrogen and oxygen atoms in total. The van der Waals surface area contributed by atoms with Crippen molar-refractivity contribution in [2.24, 2.45) is 0 Å². The van der Waals surface area contributed by atoms with Crippen LogP contribution >= 0.6 is 22.9 Å². The lowest BCUT2D eigenvalue weighted by Gasteiger charge is -2.13. The first kappa shape index (κ1) is 20.9. The van der Waals surface area contributed by atoms with Crippen molar-refractivity contribution in [1.29, 1.82) is 10.5 Å². The monoisotopic (exact) mass is 425 g/mol. The lowest BCUT2D eigenvalue weighted by Crippen LogP contribution is -2.13. The van der Waals surface area contributed by atoms with Crippen LogP contribution in [-0.2, 0) is 17.6 Å². The molecule has 1 heterocycles. The molecule has 0 spiro atoms. The van der Waals surface area contributed by atoms with Crippen molar-refractivity contribution in [1.82, 2.24) is 0 Å². The first-order valence-corrected chi connectivity index (χ1v) is 10.6. The largest absolute Gasteiger partial charge is 0.490 e. The van der Waals surface area contributed by atoms with Gasteiger partial charge in [0, 0.05) is 15.5 Å². The highest BCUT2D eigenvalue weighted by Gasteiger charge is 2.23. The zero-order valence-corrected chi connectivity index (χ0v) is 17.8. The number of halogens is 1. The van der Waals surface area contributed by atoms with Gasteiger partial charge in [-0.25, -0.2) is 0 Å². The number of carbonyl (C=O) groups is 1. The molecule has 7 heteroatoms. The smallest absolute Gasteiger partial charge is 0.266 e. The molecule has 0 saturated heterocycles. The molecule has 0 unspecified atom stereocenters. The number of carbonyl (C=O) groups excluding carboxylic acids is 1. The van der Waals surface area contributed by atoms with Crippen LogP contribution in [0, 0.1) is 22.7 Å². The van der Waals surface area contributed by atoms with E-state index in [9.17, 15) is 15.3 Å². The number of ether oxygens (including phenoxy) is 1. The average Bonchev–Trinajstić information content (AvgIpc) is 3.04. The van der Waals surface area contributed by atoms with Crippen molar-refractivity contribution in [2.75, 3.05) is 5.32 Å². The molecule has 2 aromatic rings. The fourth-order valence-electron chi connectivity index (χ4n) is 3.24. The number of aryl methyl sites for hydroxylation is 1. The number of nitrogens with one attached hydrogen (secondary N) is 1. The van der Waals surface area contributed by atoms with E-state index in [0.717, 1.165) is 36.1 Å². The number of hydrogen-bond donors (Lipinski definition) is 1. The molecular weight excluding hydrogens is 406 g/mol. The standard InChI is InChI=1S/C22H20ClN3O2S/c1-13(2)28-19-8-7-16(23)10-14(19)9-15(11-24)21(27)26-22-18(12-25)17-5-3-4-6-20(17)29-22/h7-10,13H,3-6H2,1-2H3,(H,26,27)/b15-9-. The summed E-state index contributed by atoms with van der Waals surface area (Å²) in [7, 11) is 0. The lowest BCUT2D eigenvalue weighted by atomic mass is 9.96. The molecule has 29 heavy (non-hydrogen) atoms. The Morgan fingerprint density at radius 2 is 2.07 bits per heavy atom. The van der Waals surface area contributed by atoms with Crippen LogP contribution in [0.2, 0.25) is 5.02 Å². The predicted octanol–water partition coefficient (Wildman–Crippen LogP) is 5.48. The summed E-state index contributed by atoms with van der Waals surface area (Å²) in [5.74, 6) is -0.0210. The van der Waals surface area contributed by atoms with Crippen molar-refractivity contribution >= 4 is 39.9 Å². The third-order valence-corrected chi connectivity index (χ3v) is 5.95. The molecule has 0 bridgehead atoms. The van der Waals surface area contributed by atoms with Crippen molar-refractivity contribution in [3.8, 4) is 17.9 Å². The summed E-state index contributed by atoms with van der Waals surface area (Å²) in [5, 5.41) is 22.8. The van der Waals surface area contributed by atoms with Crippen LogP contribution in [0.25, 0.3) is 6.08 Å². The van der Waals surface area contributed by atoms with Crippen molar-refractivity contribution < 1.29 is 9.53 Å². The summed E-state index contributed by atoms with van der Waals surface area (Å²) in [6.45, 7) is 3.78. The Bertz CT molecular complexity index is 1060. The molecular formula is C22H20ClN3O2S. The molecule has 1 aromatic carbocycles. The number of nitrogens with zero attached hydrogens (tertiary/aromatic N) is 2. The number of fused-ring (bicyclic) bond motifs is 1. The van der Waals surface area contributed by atoms with E-state index in [1.807, 2.05) is 19.9 Å². The van der Waals surface area contributed by atoms with Crippen molar-refractivity contribution in [3.05, 3.63) is 50.4 Å². The summed E-state index contributed by atoms with van der Waals surface area (Å²) in [6.07, 6.45) is 5.29. The molecule has 1 aliphatic carbocycles. The van der Waals surface area contributed by atoms with Gasteiger partial charge in [0.15, 0.2) is 0 Å². The molecule has 0 fully saturated rings. The molecule has 0 atom stereocenters. The first-order chi connectivity index (χ1) is 13.9. The lowest BCUT2D eigenvalue weighted by molar-refractivity contribution is -0.112. The van der Waals surface area contributed by atoms with Crippen molar-refractivity contribution in [2.45, 2.75) is 45.6 Å². The minimum absolute atomic E-state index is 0.0710. The fraction of sp³-hybridized carbons (Fsp3) is 0.318. The number of benzene rings is 1. The van der Waals surface area contributed by atoms with Crippen LogP contribution in [-0.4, -0.2) is 12.0 Å². The van der Waals surface area contributed by atoms with Gasteiger partial charge in [-0.15, -0.1) is 11.3 Å². The van der Waals surface area contributed by atoms with Gasteiger partial charge in [-0.1, -0.05) is 11.6 Å². The van der Waals surface area contributed by atoms with Gasteiger partial charge in [-0.2, -0.15) is 10.5 Å². The molecule has 1 N–H and O–H groups in total. The molecule has 1 aliphatic rings. The Balaban J connectivity index is 1.91. The van der Waals surface area contributed by atoms with Crippen LogP contribution in [0.5, 0.6) is 5.75 Å². The quantitative estimate of drug-likeness (QED) is 0.507. The van der Waals surface area contributed by atoms with E-state index in [-0.39, 0.29) is 11.7 Å². The maximum Gasteiger partial charge on any atom is 0.266 e. The predicted molar refractivity (Wildman–Crippen MR) is 115 cm³/mol. The highest BCUT2D eigenvalue weighted by atomic mass is 35.5. The van der Waals surface area contributed by atoms with Gasteiger partial charge in [-0.05, 0) is 69.4 Å². The van der Waals surface area contributed by atoms with Gasteiger partial charge >= 0.3 is 0 Å². The van der Waals surface area contributed by atoms with E-state index in [1.54, 1.807) is 18.2 Å². The molecule has 148 valence electrons. The molecule has 0 saturated carbocycles. The number of amides is 1. The van der Waals surface area contributed by atoms with Crippen LogP contribution in [0.4, 0.5) is 5.00 Å². The molecule has 0 radical (unpaired) electrons.